The van der Waals surface area contributed by atoms with Crippen LogP contribution < -0.4 is 5.32 Å². The maximum absolute atomic E-state index is 13.4. The largest absolute Gasteiger partial charge is 0.356 e. The molecule has 0 saturated heterocycles. The molecule has 0 aliphatic heterocycles. The highest BCUT2D eigenvalue weighted by atomic mass is 79.9. The average Bonchev–Trinajstić information content (AvgIpc) is 3.07. The van der Waals surface area contributed by atoms with E-state index in [9.17, 15) is 13.6 Å². The first-order valence-electron chi connectivity index (χ1n) is 5.46. The molecule has 5 heteroatoms. The average molecular weight is 304 g/mol. The van der Waals surface area contributed by atoms with Crippen LogP contribution in [-0.2, 0) is 11.2 Å². The molecule has 0 aromatic heterocycles. The third kappa shape index (κ3) is 3.49. The molecule has 0 unspecified atom stereocenters. The number of rotatable bonds is 4. The van der Waals surface area contributed by atoms with E-state index in [2.05, 4.69) is 21.2 Å². The lowest BCUT2D eigenvalue weighted by atomic mass is 10.1. The van der Waals surface area contributed by atoms with Gasteiger partial charge in [0.2, 0.25) is 5.91 Å². The number of benzene rings is 1. The second-order valence-corrected chi connectivity index (χ2v) is 5.14. The fraction of sp³-hybridized carbons (Fsp3) is 0.417. The van der Waals surface area contributed by atoms with E-state index in [0.29, 0.717) is 12.5 Å². The van der Waals surface area contributed by atoms with Crippen molar-refractivity contribution in [2.45, 2.75) is 19.3 Å². The lowest BCUT2D eigenvalue weighted by Gasteiger charge is -2.06. The lowest BCUT2D eigenvalue weighted by molar-refractivity contribution is -0.120. The maximum atomic E-state index is 13.4. The molecule has 92 valence electrons. The van der Waals surface area contributed by atoms with Crippen molar-refractivity contribution in [1.29, 1.82) is 0 Å². The molecule has 0 heterocycles. The van der Waals surface area contributed by atoms with E-state index in [4.69, 9.17) is 0 Å². The summed E-state index contributed by atoms with van der Waals surface area (Å²) >= 11 is 2.89. The van der Waals surface area contributed by atoms with Gasteiger partial charge in [-0.15, -0.1) is 0 Å². The zero-order valence-electron chi connectivity index (χ0n) is 9.10. The number of halogens is 3. The Morgan fingerprint density at radius 1 is 1.35 bits per heavy atom. The van der Waals surface area contributed by atoms with Crippen LogP contribution in [0.4, 0.5) is 8.78 Å². The van der Waals surface area contributed by atoms with Crippen molar-refractivity contribution >= 4 is 21.8 Å². The summed E-state index contributed by atoms with van der Waals surface area (Å²) in [6, 6.07) is 2.09. The van der Waals surface area contributed by atoms with Crippen LogP contribution in [0.5, 0.6) is 0 Å². The van der Waals surface area contributed by atoms with Gasteiger partial charge in [-0.25, -0.2) is 8.78 Å². The number of hydrogen-bond acceptors (Lipinski definition) is 1. The molecule has 2 nitrogen and oxygen atoms in total. The minimum absolute atomic E-state index is 0.0668. The second kappa shape index (κ2) is 5.12. The van der Waals surface area contributed by atoms with Gasteiger partial charge in [-0.2, -0.15) is 0 Å². The second-order valence-electron chi connectivity index (χ2n) is 4.28. The van der Waals surface area contributed by atoms with Gasteiger partial charge in [0.1, 0.15) is 11.6 Å². The third-order valence-corrected chi connectivity index (χ3v) is 3.33. The fourth-order valence-corrected chi connectivity index (χ4v) is 1.83. The molecule has 0 bridgehead atoms. The molecule has 1 N–H and O–H groups in total. The van der Waals surface area contributed by atoms with Crippen molar-refractivity contribution in [2.75, 3.05) is 6.54 Å². The zero-order chi connectivity index (χ0) is 12.4. The first-order chi connectivity index (χ1) is 8.06. The van der Waals surface area contributed by atoms with Gasteiger partial charge >= 0.3 is 0 Å². The van der Waals surface area contributed by atoms with Crippen molar-refractivity contribution in [2.24, 2.45) is 5.92 Å². The Kier molecular flexibility index (Phi) is 3.76. The fourth-order valence-electron chi connectivity index (χ4n) is 1.51. The molecular weight excluding hydrogens is 292 g/mol. The monoisotopic (exact) mass is 303 g/mol. The van der Waals surface area contributed by atoms with Gasteiger partial charge in [-0.1, -0.05) is 0 Å². The number of carbonyl (C=O) groups is 1. The van der Waals surface area contributed by atoms with Crippen molar-refractivity contribution in [3.63, 3.8) is 0 Å². The first kappa shape index (κ1) is 12.5. The van der Waals surface area contributed by atoms with Crippen molar-refractivity contribution in [3.05, 3.63) is 33.8 Å². The van der Waals surface area contributed by atoms with Gasteiger partial charge < -0.3 is 5.32 Å². The standard InChI is InChI=1S/C12H12BrF2NO/c13-9-5-10(14)8(3-11(9)15)4-12(17)16-6-7-1-2-7/h3,5,7H,1-2,4,6H2,(H,16,17). The summed E-state index contributed by atoms with van der Waals surface area (Å²) < 4.78 is 26.7. The third-order valence-electron chi connectivity index (χ3n) is 2.73. The van der Waals surface area contributed by atoms with Gasteiger partial charge in [0.05, 0.1) is 10.9 Å². The van der Waals surface area contributed by atoms with E-state index in [1.165, 1.54) is 0 Å². The van der Waals surface area contributed by atoms with Crippen LogP contribution in [0.1, 0.15) is 18.4 Å². The smallest absolute Gasteiger partial charge is 0.224 e. The molecule has 1 saturated carbocycles. The van der Waals surface area contributed by atoms with E-state index in [0.717, 1.165) is 25.0 Å². The molecule has 1 aromatic rings. The van der Waals surface area contributed by atoms with E-state index in [1.807, 2.05) is 0 Å². The highest BCUT2D eigenvalue weighted by molar-refractivity contribution is 9.10. The van der Waals surface area contributed by atoms with Gasteiger partial charge in [0.15, 0.2) is 0 Å². The van der Waals surface area contributed by atoms with Gasteiger partial charge in [0.25, 0.3) is 0 Å². The normalized spacial score (nSPS) is 14.8. The van der Waals surface area contributed by atoms with Gasteiger partial charge in [0, 0.05) is 12.1 Å². The van der Waals surface area contributed by atoms with E-state index in [-0.39, 0.29) is 22.4 Å². The van der Waals surface area contributed by atoms with Crippen LogP contribution in [0.25, 0.3) is 0 Å². The van der Waals surface area contributed by atoms with Crippen LogP contribution in [0.15, 0.2) is 16.6 Å². The predicted octanol–water partition coefficient (Wildman–Crippen LogP) is 2.80. The predicted molar refractivity (Wildman–Crippen MR) is 63.5 cm³/mol. The summed E-state index contributed by atoms with van der Waals surface area (Å²) in [5, 5.41) is 2.71. The molecule has 0 spiro atoms. The zero-order valence-corrected chi connectivity index (χ0v) is 10.7. The highest BCUT2D eigenvalue weighted by Gasteiger charge is 2.21. The molecule has 1 aliphatic carbocycles. The molecule has 0 atom stereocenters. The van der Waals surface area contributed by atoms with Crippen molar-refractivity contribution in [1.82, 2.24) is 5.32 Å². The van der Waals surface area contributed by atoms with E-state index >= 15 is 0 Å². The van der Waals surface area contributed by atoms with Crippen LogP contribution in [-0.4, -0.2) is 12.5 Å². The Morgan fingerprint density at radius 2 is 2.06 bits per heavy atom. The number of amides is 1. The Morgan fingerprint density at radius 3 is 2.71 bits per heavy atom. The molecule has 2 rings (SSSR count). The quantitative estimate of drug-likeness (QED) is 0.852. The van der Waals surface area contributed by atoms with Crippen molar-refractivity contribution in [3.8, 4) is 0 Å². The SMILES string of the molecule is O=C(Cc1cc(F)c(Br)cc1F)NCC1CC1. The van der Waals surface area contributed by atoms with E-state index < -0.39 is 11.6 Å². The van der Waals surface area contributed by atoms with Crippen LogP contribution in [0.3, 0.4) is 0 Å². The topological polar surface area (TPSA) is 29.1 Å². The minimum Gasteiger partial charge on any atom is -0.356 e. The number of carbonyl (C=O) groups excluding carboxylic acids is 1. The molecule has 1 aliphatic rings. The summed E-state index contributed by atoms with van der Waals surface area (Å²) in [6.45, 7) is 0.638. The van der Waals surface area contributed by atoms with Gasteiger partial charge in [-0.3, -0.25) is 4.79 Å². The maximum Gasteiger partial charge on any atom is 0.224 e. The first-order valence-corrected chi connectivity index (χ1v) is 6.25. The minimum atomic E-state index is -0.570. The Labute approximate surface area is 107 Å². The van der Waals surface area contributed by atoms with E-state index in [1.54, 1.807) is 0 Å². The Balaban J connectivity index is 1.96. The molecule has 1 fully saturated rings. The Bertz CT molecular complexity index is 446. The number of nitrogens with one attached hydrogen (secondary N) is 1. The van der Waals surface area contributed by atoms with Crippen LogP contribution in [0.2, 0.25) is 0 Å². The molecule has 0 radical (unpaired) electrons. The number of hydrogen-bond donors (Lipinski definition) is 1. The lowest BCUT2D eigenvalue weighted by Crippen LogP contribution is -2.27. The van der Waals surface area contributed by atoms with Gasteiger partial charge in [-0.05, 0) is 46.8 Å². The molecule has 1 aromatic carbocycles. The summed E-state index contributed by atoms with van der Waals surface area (Å²) in [7, 11) is 0. The summed E-state index contributed by atoms with van der Waals surface area (Å²) in [5.41, 5.74) is 0.0824. The summed E-state index contributed by atoms with van der Waals surface area (Å²) in [5.74, 6) is -0.820. The van der Waals surface area contributed by atoms with Crippen LogP contribution in [0, 0.1) is 17.6 Å². The molecule has 1 amide bonds. The van der Waals surface area contributed by atoms with Crippen molar-refractivity contribution < 1.29 is 13.6 Å². The van der Waals surface area contributed by atoms with Crippen LogP contribution >= 0.6 is 15.9 Å². The molecule has 17 heavy (non-hydrogen) atoms. The highest BCUT2D eigenvalue weighted by Crippen LogP contribution is 2.27. The summed E-state index contributed by atoms with van der Waals surface area (Å²) in [6.07, 6.45) is 2.16. The summed E-state index contributed by atoms with van der Waals surface area (Å²) in [4.78, 5) is 11.5. The molecular formula is C12H12BrF2NO. The Hall–Kier alpha value is -0.970.